The highest BCUT2D eigenvalue weighted by atomic mass is 32.2. The van der Waals surface area contributed by atoms with Crippen molar-refractivity contribution in [1.29, 1.82) is 0 Å². The van der Waals surface area contributed by atoms with Crippen LogP contribution in [0.5, 0.6) is 0 Å². The van der Waals surface area contributed by atoms with Crippen molar-refractivity contribution < 1.29 is 13.2 Å². The van der Waals surface area contributed by atoms with Crippen LogP contribution >= 0.6 is 0 Å². The summed E-state index contributed by atoms with van der Waals surface area (Å²) < 4.78 is 28.0. The highest BCUT2D eigenvalue weighted by molar-refractivity contribution is 7.90. The van der Waals surface area contributed by atoms with Crippen molar-refractivity contribution in [3.8, 4) is 0 Å². The minimum Gasteiger partial charge on any atom is -0.379 e. The van der Waals surface area contributed by atoms with E-state index < -0.39 is 9.84 Å². The molecule has 0 aromatic rings. The summed E-state index contributed by atoms with van der Waals surface area (Å²) in [6.45, 7) is 7.66. The first-order valence-corrected chi connectivity index (χ1v) is 8.51. The first kappa shape index (κ1) is 15.9. The predicted octanol–water partition coefficient (Wildman–Crippen LogP) is 0.120. The lowest BCUT2D eigenvalue weighted by atomic mass is 9.90. The van der Waals surface area contributed by atoms with Crippen LogP contribution in [0.4, 0.5) is 0 Å². The molecule has 1 fully saturated rings. The fraction of sp³-hybridized carbons (Fsp3) is 1.00. The molecule has 0 saturated carbocycles. The van der Waals surface area contributed by atoms with Gasteiger partial charge >= 0.3 is 0 Å². The minimum atomic E-state index is -2.90. The first-order chi connectivity index (χ1) is 8.27. The Kier molecular flexibility index (Phi) is 5.58. The maximum absolute atomic E-state index is 11.3. The number of likely N-dealkylation sites (N-methyl/N-ethyl adjacent to an activating group) is 1. The number of nitrogens with one attached hydrogen (secondary N) is 1. The highest BCUT2D eigenvalue weighted by Gasteiger charge is 2.35. The molecule has 1 rings (SSSR count). The van der Waals surface area contributed by atoms with E-state index in [-0.39, 0.29) is 17.3 Å². The lowest BCUT2D eigenvalue weighted by Crippen LogP contribution is -2.60. The topological polar surface area (TPSA) is 58.6 Å². The number of sulfone groups is 1. The van der Waals surface area contributed by atoms with E-state index in [2.05, 4.69) is 24.1 Å². The van der Waals surface area contributed by atoms with Crippen molar-refractivity contribution >= 4 is 9.84 Å². The average Bonchev–Trinajstić information content (AvgIpc) is 2.29. The second kappa shape index (κ2) is 6.32. The van der Waals surface area contributed by atoms with Crippen LogP contribution in [0.3, 0.4) is 0 Å². The van der Waals surface area contributed by atoms with Crippen LogP contribution in [0, 0.1) is 0 Å². The third-order valence-corrected chi connectivity index (χ3v) is 4.78. The standard InChI is InChI=1S/C12H26N2O3S/c1-12(2,14-6-8-17-9-7-14)11(13-3)5-10-18(4,15)16/h11,13H,5-10H2,1-4H3. The molecule has 0 radical (unpaired) electrons. The lowest BCUT2D eigenvalue weighted by Gasteiger charge is -2.45. The van der Waals surface area contributed by atoms with E-state index in [1.807, 2.05) is 7.05 Å². The van der Waals surface area contributed by atoms with E-state index >= 15 is 0 Å². The summed E-state index contributed by atoms with van der Waals surface area (Å²) in [5, 5.41) is 3.27. The van der Waals surface area contributed by atoms with E-state index in [0.29, 0.717) is 6.42 Å². The molecular weight excluding hydrogens is 252 g/mol. The van der Waals surface area contributed by atoms with Gasteiger partial charge in [0.25, 0.3) is 0 Å². The second-order valence-corrected chi connectivity index (χ2v) is 7.77. The maximum Gasteiger partial charge on any atom is 0.147 e. The Labute approximate surface area is 111 Å². The molecule has 0 aromatic carbocycles. The Balaban J connectivity index is 2.66. The van der Waals surface area contributed by atoms with Crippen molar-refractivity contribution in [3.05, 3.63) is 0 Å². The van der Waals surface area contributed by atoms with E-state index in [1.165, 1.54) is 6.26 Å². The van der Waals surface area contributed by atoms with Gasteiger partial charge in [0, 0.05) is 30.9 Å². The van der Waals surface area contributed by atoms with Gasteiger partial charge in [-0.25, -0.2) is 8.42 Å². The molecule has 5 nitrogen and oxygen atoms in total. The number of hydrogen-bond acceptors (Lipinski definition) is 5. The minimum absolute atomic E-state index is 0.0662. The summed E-state index contributed by atoms with van der Waals surface area (Å²) in [5.41, 5.74) is -0.0662. The zero-order valence-electron chi connectivity index (χ0n) is 11.9. The van der Waals surface area contributed by atoms with Gasteiger partial charge in [-0.05, 0) is 27.3 Å². The molecule has 1 unspecified atom stereocenters. The van der Waals surface area contributed by atoms with Gasteiger partial charge in [-0.3, -0.25) is 4.90 Å². The van der Waals surface area contributed by atoms with Gasteiger partial charge in [0.15, 0.2) is 0 Å². The molecule has 1 atom stereocenters. The third-order valence-electron chi connectivity index (χ3n) is 3.80. The van der Waals surface area contributed by atoms with E-state index in [9.17, 15) is 8.42 Å². The number of rotatable bonds is 6. The molecule has 0 bridgehead atoms. The van der Waals surface area contributed by atoms with Gasteiger partial charge < -0.3 is 10.1 Å². The van der Waals surface area contributed by atoms with Crippen molar-refractivity contribution in [1.82, 2.24) is 10.2 Å². The van der Waals surface area contributed by atoms with Crippen molar-refractivity contribution in [2.75, 3.05) is 45.4 Å². The Morgan fingerprint density at radius 2 is 1.89 bits per heavy atom. The Morgan fingerprint density at radius 3 is 2.33 bits per heavy atom. The molecule has 6 heteroatoms. The molecule has 1 N–H and O–H groups in total. The van der Waals surface area contributed by atoms with Crippen molar-refractivity contribution in [2.24, 2.45) is 0 Å². The molecule has 18 heavy (non-hydrogen) atoms. The zero-order chi connectivity index (χ0) is 13.8. The summed E-state index contributed by atoms with van der Waals surface area (Å²) in [4.78, 5) is 2.37. The molecule has 1 heterocycles. The maximum atomic E-state index is 11.3. The van der Waals surface area contributed by atoms with Crippen LogP contribution in [-0.4, -0.2) is 70.3 Å². The van der Waals surface area contributed by atoms with E-state index in [1.54, 1.807) is 0 Å². The second-order valence-electron chi connectivity index (χ2n) is 5.51. The van der Waals surface area contributed by atoms with Gasteiger partial charge in [-0.2, -0.15) is 0 Å². The molecule has 0 spiro atoms. The van der Waals surface area contributed by atoms with Crippen LogP contribution in [0.1, 0.15) is 20.3 Å². The number of nitrogens with zero attached hydrogens (tertiary/aromatic N) is 1. The van der Waals surface area contributed by atoms with Crippen LogP contribution < -0.4 is 5.32 Å². The number of morpholine rings is 1. The molecule has 1 saturated heterocycles. The van der Waals surface area contributed by atoms with Gasteiger partial charge in [0.05, 0.1) is 19.0 Å². The van der Waals surface area contributed by atoms with Crippen LogP contribution in [-0.2, 0) is 14.6 Å². The quantitative estimate of drug-likeness (QED) is 0.748. The monoisotopic (exact) mass is 278 g/mol. The normalized spacial score (nSPS) is 20.9. The van der Waals surface area contributed by atoms with Gasteiger partial charge in [-0.1, -0.05) is 0 Å². The molecule has 1 aliphatic rings. The largest absolute Gasteiger partial charge is 0.379 e. The molecule has 1 aliphatic heterocycles. The summed E-state index contributed by atoms with van der Waals surface area (Å²) in [7, 11) is -1.01. The summed E-state index contributed by atoms with van der Waals surface area (Å²) in [5.74, 6) is 0.228. The lowest BCUT2D eigenvalue weighted by molar-refractivity contribution is -0.0227. The summed E-state index contributed by atoms with van der Waals surface area (Å²) >= 11 is 0. The molecule has 0 amide bonds. The fourth-order valence-corrected chi connectivity index (χ4v) is 3.21. The smallest absolute Gasteiger partial charge is 0.147 e. The Morgan fingerprint density at radius 1 is 1.33 bits per heavy atom. The Hall–Kier alpha value is -0.170. The van der Waals surface area contributed by atoms with Gasteiger partial charge in [-0.15, -0.1) is 0 Å². The SMILES string of the molecule is CNC(CCS(C)(=O)=O)C(C)(C)N1CCOCC1. The van der Waals surface area contributed by atoms with Crippen molar-refractivity contribution in [2.45, 2.75) is 31.8 Å². The van der Waals surface area contributed by atoms with Crippen LogP contribution in [0.25, 0.3) is 0 Å². The van der Waals surface area contributed by atoms with Crippen LogP contribution in [0.15, 0.2) is 0 Å². The van der Waals surface area contributed by atoms with Crippen molar-refractivity contribution in [3.63, 3.8) is 0 Å². The average molecular weight is 278 g/mol. The highest BCUT2D eigenvalue weighted by Crippen LogP contribution is 2.22. The molecular formula is C12H26N2O3S. The predicted molar refractivity (Wildman–Crippen MR) is 73.6 cm³/mol. The van der Waals surface area contributed by atoms with Crippen LogP contribution in [0.2, 0.25) is 0 Å². The van der Waals surface area contributed by atoms with E-state index in [0.717, 1.165) is 26.3 Å². The molecule has 0 aliphatic carbocycles. The summed E-state index contributed by atoms with van der Waals surface area (Å²) in [6.07, 6.45) is 1.93. The van der Waals surface area contributed by atoms with Gasteiger partial charge in [0.2, 0.25) is 0 Å². The molecule has 108 valence electrons. The van der Waals surface area contributed by atoms with Gasteiger partial charge in [0.1, 0.15) is 9.84 Å². The summed E-state index contributed by atoms with van der Waals surface area (Å²) in [6, 6.07) is 0.158. The third kappa shape index (κ3) is 4.50. The molecule has 0 aromatic heterocycles. The first-order valence-electron chi connectivity index (χ1n) is 6.45. The van der Waals surface area contributed by atoms with E-state index in [4.69, 9.17) is 4.74 Å². The Bertz CT molecular complexity index is 348. The zero-order valence-corrected chi connectivity index (χ0v) is 12.7. The number of ether oxygens (including phenoxy) is 1. The fourth-order valence-electron chi connectivity index (χ4n) is 2.54. The number of hydrogen-bond donors (Lipinski definition) is 1.